The summed E-state index contributed by atoms with van der Waals surface area (Å²) in [4.78, 5) is 29.8. The molecule has 4 rings (SSSR count). The predicted octanol–water partition coefficient (Wildman–Crippen LogP) is 4.18. The Morgan fingerprint density at radius 2 is 2.04 bits per heavy atom. The molecule has 1 N–H and O–H groups in total. The molecule has 1 atom stereocenters. The first-order valence-corrected chi connectivity index (χ1v) is 9.78. The molecular formula is C22H24FN3O2. The van der Waals surface area contributed by atoms with E-state index < -0.39 is 0 Å². The van der Waals surface area contributed by atoms with Gasteiger partial charge >= 0.3 is 0 Å². The summed E-state index contributed by atoms with van der Waals surface area (Å²) in [5.74, 6) is -0.638. The Morgan fingerprint density at radius 3 is 2.79 bits per heavy atom. The molecule has 0 bridgehead atoms. The van der Waals surface area contributed by atoms with Gasteiger partial charge in [-0.25, -0.2) is 4.39 Å². The van der Waals surface area contributed by atoms with Gasteiger partial charge in [0.25, 0.3) is 11.8 Å². The van der Waals surface area contributed by atoms with Crippen molar-refractivity contribution in [2.45, 2.75) is 39.3 Å². The van der Waals surface area contributed by atoms with Crippen LogP contribution in [0.25, 0.3) is 0 Å². The highest BCUT2D eigenvalue weighted by Crippen LogP contribution is 2.35. The standard InChI is InChI=1S/C22H24FN3O2/c1-3-25-19-12-15(21(27)24-16-9-7-14(2)18(23)13-16)8-10-17(19)22(28)26-11-5-4-6-20(25)26/h7-10,12-13,20H,3-6,11H2,1-2H3,(H,24,27)/t20-/m1/s1. The third-order valence-corrected chi connectivity index (χ3v) is 5.66. The van der Waals surface area contributed by atoms with E-state index in [1.165, 1.54) is 6.07 Å². The molecule has 2 aromatic rings. The number of hydrogen-bond acceptors (Lipinski definition) is 3. The molecule has 146 valence electrons. The molecule has 1 saturated heterocycles. The van der Waals surface area contributed by atoms with Crippen LogP contribution in [0, 0.1) is 12.7 Å². The number of nitrogens with one attached hydrogen (secondary N) is 1. The SMILES string of the molecule is CCN1c2cc(C(=O)Nc3ccc(C)c(F)c3)ccc2C(=O)N2CCCC[C@@H]21. The zero-order valence-corrected chi connectivity index (χ0v) is 16.2. The number of piperidine rings is 1. The van der Waals surface area contributed by atoms with Crippen molar-refractivity contribution in [1.29, 1.82) is 0 Å². The summed E-state index contributed by atoms with van der Waals surface area (Å²) in [7, 11) is 0. The van der Waals surface area contributed by atoms with E-state index in [9.17, 15) is 14.0 Å². The Balaban J connectivity index is 1.65. The van der Waals surface area contributed by atoms with E-state index in [0.29, 0.717) is 22.4 Å². The average molecular weight is 381 g/mol. The summed E-state index contributed by atoms with van der Waals surface area (Å²) in [5, 5.41) is 2.74. The second kappa shape index (κ2) is 7.26. The normalized spacial score (nSPS) is 18.5. The van der Waals surface area contributed by atoms with Crippen LogP contribution in [-0.2, 0) is 0 Å². The Labute approximate surface area is 164 Å². The Kier molecular flexibility index (Phi) is 4.79. The van der Waals surface area contributed by atoms with Gasteiger partial charge in [-0.15, -0.1) is 0 Å². The largest absolute Gasteiger partial charge is 0.351 e. The van der Waals surface area contributed by atoms with Gasteiger partial charge in [0.05, 0.1) is 11.3 Å². The lowest BCUT2D eigenvalue weighted by molar-refractivity contribution is 0.0582. The van der Waals surface area contributed by atoms with E-state index in [4.69, 9.17) is 0 Å². The number of nitrogens with zero attached hydrogens (tertiary/aromatic N) is 2. The molecule has 0 unspecified atom stereocenters. The Hall–Kier alpha value is -2.89. The molecule has 5 nitrogen and oxygen atoms in total. The highest BCUT2D eigenvalue weighted by atomic mass is 19.1. The molecule has 0 spiro atoms. The summed E-state index contributed by atoms with van der Waals surface area (Å²) in [6, 6.07) is 9.80. The lowest BCUT2D eigenvalue weighted by atomic mass is 9.97. The Morgan fingerprint density at radius 1 is 1.21 bits per heavy atom. The first-order valence-electron chi connectivity index (χ1n) is 9.78. The minimum atomic E-state index is -0.358. The van der Waals surface area contributed by atoms with Crippen molar-refractivity contribution in [3.05, 3.63) is 58.9 Å². The van der Waals surface area contributed by atoms with E-state index in [0.717, 1.165) is 38.0 Å². The fourth-order valence-corrected chi connectivity index (χ4v) is 4.14. The van der Waals surface area contributed by atoms with Crippen LogP contribution in [0.5, 0.6) is 0 Å². The first kappa shape index (κ1) is 18.5. The second-order valence-electron chi connectivity index (χ2n) is 7.41. The molecule has 0 radical (unpaired) electrons. The maximum absolute atomic E-state index is 13.8. The summed E-state index contributed by atoms with van der Waals surface area (Å²) in [5.41, 5.74) is 2.83. The number of carbonyl (C=O) groups is 2. The van der Waals surface area contributed by atoms with Crippen molar-refractivity contribution in [3.63, 3.8) is 0 Å². The van der Waals surface area contributed by atoms with Gasteiger partial charge in [-0.3, -0.25) is 9.59 Å². The molecule has 2 amide bonds. The zero-order valence-electron chi connectivity index (χ0n) is 16.2. The topological polar surface area (TPSA) is 52.7 Å². The van der Waals surface area contributed by atoms with Crippen LogP contribution < -0.4 is 10.2 Å². The molecule has 2 aliphatic rings. The molecule has 1 fully saturated rings. The van der Waals surface area contributed by atoms with Gasteiger partial charge in [0.15, 0.2) is 0 Å². The molecule has 0 aliphatic carbocycles. The van der Waals surface area contributed by atoms with Crippen molar-refractivity contribution < 1.29 is 14.0 Å². The summed E-state index contributed by atoms with van der Waals surface area (Å²) < 4.78 is 13.8. The highest BCUT2D eigenvalue weighted by Gasteiger charge is 2.38. The molecule has 2 aromatic carbocycles. The van der Waals surface area contributed by atoms with Crippen LogP contribution in [0.1, 0.15) is 52.5 Å². The Bertz CT molecular complexity index is 943. The van der Waals surface area contributed by atoms with Crippen LogP contribution >= 0.6 is 0 Å². The maximum Gasteiger partial charge on any atom is 0.257 e. The third kappa shape index (κ3) is 3.13. The monoisotopic (exact) mass is 381 g/mol. The zero-order chi connectivity index (χ0) is 19.8. The van der Waals surface area contributed by atoms with E-state index in [1.807, 2.05) is 4.90 Å². The van der Waals surface area contributed by atoms with E-state index in [-0.39, 0.29) is 23.8 Å². The first-order chi connectivity index (χ1) is 13.5. The minimum Gasteiger partial charge on any atom is -0.351 e. The number of rotatable bonds is 3. The fraction of sp³-hybridized carbons (Fsp3) is 0.364. The molecule has 28 heavy (non-hydrogen) atoms. The lowest BCUT2D eigenvalue weighted by Gasteiger charge is -2.47. The van der Waals surface area contributed by atoms with E-state index in [2.05, 4.69) is 17.1 Å². The van der Waals surface area contributed by atoms with Gasteiger partial charge in [0.2, 0.25) is 0 Å². The number of fused-ring (bicyclic) bond motifs is 2. The highest BCUT2D eigenvalue weighted by molar-refractivity contribution is 6.08. The van der Waals surface area contributed by atoms with Gasteiger partial charge in [0.1, 0.15) is 12.0 Å². The lowest BCUT2D eigenvalue weighted by Crippen LogP contribution is -2.57. The van der Waals surface area contributed by atoms with Crippen molar-refractivity contribution >= 4 is 23.2 Å². The molecule has 2 heterocycles. The van der Waals surface area contributed by atoms with Crippen molar-refractivity contribution in [3.8, 4) is 0 Å². The smallest absolute Gasteiger partial charge is 0.257 e. The van der Waals surface area contributed by atoms with Crippen molar-refractivity contribution in [1.82, 2.24) is 4.90 Å². The third-order valence-electron chi connectivity index (χ3n) is 5.66. The van der Waals surface area contributed by atoms with E-state index >= 15 is 0 Å². The number of benzene rings is 2. The van der Waals surface area contributed by atoms with Gasteiger partial charge < -0.3 is 15.1 Å². The summed E-state index contributed by atoms with van der Waals surface area (Å²) in [6.07, 6.45) is 3.13. The van der Waals surface area contributed by atoms with Gasteiger partial charge in [-0.2, -0.15) is 0 Å². The molecule has 2 aliphatic heterocycles. The van der Waals surface area contributed by atoms with Crippen LogP contribution in [0.4, 0.5) is 15.8 Å². The van der Waals surface area contributed by atoms with Crippen LogP contribution in [0.3, 0.4) is 0 Å². The quantitative estimate of drug-likeness (QED) is 0.868. The van der Waals surface area contributed by atoms with Crippen molar-refractivity contribution in [2.75, 3.05) is 23.3 Å². The van der Waals surface area contributed by atoms with Gasteiger partial charge in [-0.1, -0.05) is 6.07 Å². The maximum atomic E-state index is 13.8. The summed E-state index contributed by atoms with van der Waals surface area (Å²) >= 11 is 0. The van der Waals surface area contributed by atoms with Crippen LogP contribution in [0.15, 0.2) is 36.4 Å². The molecular weight excluding hydrogens is 357 g/mol. The van der Waals surface area contributed by atoms with Gasteiger partial charge in [0, 0.05) is 24.3 Å². The van der Waals surface area contributed by atoms with Gasteiger partial charge in [-0.05, 0) is 69.0 Å². The summed E-state index contributed by atoms with van der Waals surface area (Å²) in [6.45, 7) is 5.28. The predicted molar refractivity (Wildman–Crippen MR) is 107 cm³/mol. The molecule has 6 heteroatoms. The second-order valence-corrected chi connectivity index (χ2v) is 7.41. The minimum absolute atomic E-state index is 0.0389. The van der Waals surface area contributed by atoms with Crippen LogP contribution in [-0.4, -0.2) is 36.0 Å². The number of aryl methyl sites for hydroxylation is 1. The number of anilines is 2. The van der Waals surface area contributed by atoms with Crippen molar-refractivity contribution in [2.24, 2.45) is 0 Å². The molecule has 0 saturated carbocycles. The number of carbonyl (C=O) groups excluding carboxylic acids is 2. The number of halogens is 1. The fourth-order valence-electron chi connectivity index (χ4n) is 4.14. The average Bonchev–Trinajstić information content (AvgIpc) is 2.71. The number of hydrogen-bond donors (Lipinski definition) is 1. The molecule has 0 aromatic heterocycles. The number of amides is 2. The van der Waals surface area contributed by atoms with E-state index in [1.54, 1.807) is 37.3 Å². The van der Waals surface area contributed by atoms with Crippen LogP contribution in [0.2, 0.25) is 0 Å².